The van der Waals surface area contributed by atoms with Crippen molar-refractivity contribution >= 4 is 39.9 Å². The molecule has 2 N–H and O–H groups in total. The summed E-state index contributed by atoms with van der Waals surface area (Å²) in [5, 5.41) is 0.496. The zero-order valence-corrected chi connectivity index (χ0v) is 19.9. The summed E-state index contributed by atoms with van der Waals surface area (Å²) in [4.78, 5) is 10.7. The van der Waals surface area contributed by atoms with Gasteiger partial charge in [-0.25, -0.2) is 18.6 Å². The van der Waals surface area contributed by atoms with Gasteiger partial charge in [-0.2, -0.15) is 0 Å². The summed E-state index contributed by atoms with van der Waals surface area (Å²) in [6.07, 6.45) is 0.658. The third-order valence-electron chi connectivity index (χ3n) is 5.23. The van der Waals surface area contributed by atoms with Gasteiger partial charge >= 0.3 is 0 Å². The number of benzene rings is 1. The van der Waals surface area contributed by atoms with Gasteiger partial charge in [-0.3, -0.25) is 4.31 Å². The van der Waals surface area contributed by atoms with E-state index in [4.69, 9.17) is 21.8 Å². The Morgan fingerprint density at radius 2 is 2.16 bits per heavy atom. The monoisotopic (exact) mass is 480 g/mol. The fraction of sp³-hybridized carbons (Fsp3) is 0.333. The lowest BCUT2D eigenvalue weighted by atomic mass is 10.0. The Bertz CT molecular complexity index is 1220. The molecular formula is C21H22ClFN4O2S2. The van der Waals surface area contributed by atoms with Gasteiger partial charge < -0.3 is 10.2 Å². The van der Waals surface area contributed by atoms with E-state index >= 15 is 0 Å². The molecule has 1 aliphatic rings. The number of rotatable bonds is 4. The molecule has 2 atom stereocenters. The molecule has 0 saturated carbocycles. The number of hydrogen-bond acceptors (Lipinski definition) is 6. The summed E-state index contributed by atoms with van der Waals surface area (Å²) in [5.74, 6) is 1.26. The molecule has 164 valence electrons. The summed E-state index contributed by atoms with van der Waals surface area (Å²) in [6, 6.07) is 6.64. The van der Waals surface area contributed by atoms with E-state index in [0.29, 0.717) is 28.7 Å². The van der Waals surface area contributed by atoms with E-state index < -0.39 is 16.5 Å². The molecule has 10 heteroatoms. The average Bonchev–Trinajstić information content (AvgIpc) is 3.32. The number of halogens is 2. The van der Waals surface area contributed by atoms with Crippen molar-refractivity contribution in [2.24, 2.45) is 10.7 Å². The minimum atomic E-state index is -1.30. The van der Waals surface area contributed by atoms with Crippen LogP contribution in [0.25, 0.3) is 22.1 Å². The Labute approximate surface area is 191 Å². The number of nitrogens with two attached hydrogens (primary N) is 1. The third-order valence-corrected chi connectivity index (χ3v) is 8.63. The van der Waals surface area contributed by atoms with Gasteiger partial charge in [-0.1, -0.05) is 18.5 Å². The maximum absolute atomic E-state index is 13.7. The molecule has 0 amide bonds. The van der Waals surface area contributed by atoms with Crippen LogP contribution in [0.4, 0.5) is 4.39 Å². The van der Waals surface area contributed by atoms with E-state index in [1.165, 1.54) is 21.7 Å². The van der Waals surface area contributed by atoms with Crippen LogP contribution in [0.2, 0.25) is 5.02 Å². The average molecular weight is 481 g/mol. The molecule has 31 heavy (non-hydrogen) atoms. The second-order valence-electron chi connectivity index (χ2n) is 7.61. The number of oxazole rings is 1. The third kappa shape index (κ3) is 3.90. The smallest absolute Gasteiger partial charge is 0.237 e. The van der Waals surface area contributed by atoms with Crippen molar-refractivity contribution in [1.82, 2.24) is 9.29 Å². The van der Waals surface area contributed by atoms with E-state index in [0.717, 1.165) is 21.0 Å². The van der Waals surface area contributed by atoms with Crippen molar-refractivity contribution in [2.75, 3.05) is 12.8 Å². The standard InChI is InChI=1S/C21H22ClFN4O2S2/c1-5-15-17(12-6-7-14(23)11(2)8-12)29-19(25-15)16-9-13(22)18(30-16)21(3)10-31(28)27(4)20(24)26-21/h6-9H,5,10H2,1-4H3,(H2,24,26). The topological polar surface area (TPSA) is 84.7 Å². The minimum Gasteiger partial charge on any atom is -0.435 e. The van der Waals surface area contributed by atoms with Crippen LogP contribution in [0.1, 0.15) is 30.0 Å². The van der Waals surface area contributed by atoms with E-state index in [2.05, 4.69) is 9.98 Å². The SMILES string of the molecule is CCc1nc(-c2cc(Cl)c(C3(C)CS(=O)N(C)C(N)=N3)s2)oc1-c1ccc(F)c(C)c1. The van der Waals surface area contributed by atoms with Gasteiger partial charge in [0.1, 0.15) is 22.3 Å². The molecule has 1 aromatic carbocycles. The highest BCUT2D eigenvalue weighted by Gasteiger charge is 2.39. The Morgan fingerprint density at radius 1 is 1.42 bits per heavy atom. The van der Waals surface area contributed by atoms with Crippen LogP contribution < -0.4 is 5.73 Å². The molecule has 3 aromatic rings. The van der Waals surface area contributed by atoms with Gasteiger partial charge in [0.15, 0.2) is 5.76 Å². The van der Waals surface area contributed by atoms with Crippen LogP contribution in [0, 0.1) is 12.7 Å². The van der Waals surface area contributed by atoms with E-state index in [1.54, 1.807) is 32.2 Å². The second kappa shape index (κ2) is 8.03. The number of thiophene rings is 1. The van der Waals surface area contributed by atoms with Crippen molar-refractivity contribution in [3.8, 4) is 22.1 Å². The molecule has 0 aliphatic carbocycles. The fourth-order valence-corrected chi connectivity index (χ4v) is 6.25. The van der Waals surface area contributed by atoms with Crippen molar-refractivity contribution in [3.63, 3.8) is 0 Å². The first-order valence-corrected chi connectivity index (χ1v) is 12.1. The minimum absolute atomic E-state index is 0.205. The van der Waals surface area contributed by atoms with E-state index in [-0.39, 0.29) is 17.5 Å². The highest BCUT2D eigenvalue weighted by atomic mass is 35.5. The predicted molar refractivity (Wildman–Crippen MR) is 124 cm³/mol. The molecule has 4 rings (SSSR count). The second-order valence-corrected chi connectivity index (χ2v) is 10.5. The first-order chi connectivity index (χ1) is 14.6. The van der Waals surface area contributed by atoms with Crippen LogP contribution in [0.15, 0.2) is 33.7 Å². The van der Waals surface area contributed by atoms with Crippen LogP contribution in [0.3, 0.4) is 0 Å². The molecule has 0 radical (unpaired) electrons. The van der Waals surface area contributed by atoms with Crippen molar-refractivity contribution in [1.29, 1.82) is 0 Å². The largest absolute Gasteiger partial charge is 0.435 e. The normalized spacial score (nSPS) is 21.4. The highest BCUT2D eigenvalue weighted by Crippen LogP contribution is 2.44. The number of guanidine groups is 1. The quantitative estimate of drug-likeness (QED) is 0.577. The van der Waals surface area contributed by atoms with Gasteiger partial charge in [-0.05, 0) is 50.1 Å². The predicted octanol–water partition coefficient (Wildman–Crippen LogP) is 4.87. The molecule has 2 unspecified atom stereocenters. The molecule has 3 heterocycles. The van der Waals surface area contributed by atoms with E-state index in [9.17, 15) is 8.60 Å². The lowest BCUT2D eigenvalue weighted by Crippen LogP contribution is -2.47. The summed E-state index contributed by atoms with van der Waals surface area (Å²) in [7, 11) is 0.344. The lowest BCUT2D eigenvalue weighted by molar-refractivity contribution is 0.524. The van der Waals surface area contributed by atoms with Crippen LogP contribution in [-0.2, 0) is 22.9 Å². The van der Waals surface area contributed by atoms with Gasteiger partial charge in [0, 0.05) is 12.6 Å². The first-order valence-electron chi connectivity index (χ1n) is 9.67. The lowest BCUT2D eigenvalue weighted by Gasteiger charge is -2.33. The summed E-state index contributed by atoms with van der Waals surface area (Å²) in [6.45, 7) is 5.57. The van der Waals surface area contributed by atoms with Crippen molar-refractivity contribution in [3.05, 3.63) is 51.2 Å². The van der Waals surface area contributed by atoms with Crippen molar-refractivity contribution < 1.29 is 13.0 Å². The Hall–Kier alpha value is -2.23. The molecule has 0 bridgehead atoms. The fourth-order valence-electron chi connectivity index (χ4n) is 3.46. The number of aliphatic imine (C=N–C) groups is 1. The molecule has 0 spiro atoms. The molecule has 2 aromatic heterocycles. The maximum atomic E-state index is 13.7. The van der Waals surface area contributed by atoms with Gasteiger partial charge in [-0.15, -0.1) is 11.3 Å². The van der Waals surface area contributed by atoms with Gasteiger partial charge in [0.25, 0.3) is 0 Å². The Kier molecular flexibility index (Phi) is 5.70. The molecule has 0 saturated heterocycles. The summed E-state index contributed by atoms with van der Waals surface area (Å²) < 4.78 is 33.7. The molecule has 1 aliphatic heterocycles. The summed E-state index contributed by atoms with van der Waals surface area (Å²) >= 11 is 7.95. The van der Waals surface area contributed by atoms with Crippen LogP contribution in [-0.4, -0.2) is 32.3 Å². The van der Waals surface area contributed by atoms with Gasteiger partial charge in [0.2, 0.25) is 11.9 Å². The van der Waals surface area contributed by atoms with Crippen LogP contribution in [0.5, 0.6) is 0 Å². The zero-order valence-electron chi connectivity index (χ0n) is 17.5. The Balaban J connectivity index is 1.76. The summed E-state index contributed by atoms with van der Waals surface area (Å²) in [5.41, 5.74) is 7.25. The maximum Gasteiger partial charge on any atom is 0.237 e. The van der Waals surface area contributed by atoms with Crippen molar-refractivity contribution in [2.45, 2.75) is 32.7 Å². The number of nitrogens with zero attached hydrogens (tertiary/aromatic N) is 3. The zero-order chi connectivity index (χ0) is 22.5. The molecule has 0 fully saturated rings. The number of aromatic nitrogens is 1. The molecule has 6 nitrogen and oxygen atoms in total. The number of aryl methyl sites for hydroxylation is 2. The first kappa shape index (κ1) is 22.0. The van der Waals surface area contributed by atoms with E-state index in [1.807, 2.05) is 13.8 Å². The van der Waals surface area contributed by atoms with Crippen LogP contribution >= 0.6 is 22.9 Å². The van der Waals surface area contributed by atoms with Gasteiger partial charge in [0.05, 0.1) is 26.2 Å². The number of hydrogen-bond donors (Lipinski definition) is 1. The highest BCUT2D eigenvalue weighted by molar-refractivity contribution is 7.83. The molecular weight excluding hydrogens is 459 g/mol. The Morgan fingerprint density at radius 3 is 2.81 bits per heavy atom.